The fourth-order valence-electron chi connectivity index (χ4n) is 9.02. The van der Waals surface area contributed by atoms with Gasteiger partial charge >= 0.3 is 18.1 Å². The number of pyridine rings is 1. The van der Waals surface area contributed by atoms with Crippen molar-refractivity contribution < 1.29 is 47.8 Å². The Morgan fingerprint density at radius 2 is 1.41 bits per heavy atom. The maximum Gasteiger partial charge on any atom is 0.407 e. The van der Waals surface area contributed by atoms with E-state index in [0.717, 1.165) is 45.3 Å². The van der Waals surface area contributed by atoms with E-state index >= 15 is 0 Å². The molecule has 1 aromatic carbocycles. The summed E-state index contributed by atoms with van der Waals surface area (Å²) in [5.74, 6) is -4.97. The van der Waals surface area contributed by atoms with Gasteiger partial charge in [0, 0.05) is 63.3 Å². The number of thiazole rings is 6. The molecule has 0 saturated carbocycles. The van der Waals surface area contributed by atoms with Crippen molar-refractivity contribution in [3.63, 3.8) is 0 Å². The second-order valence-electron chi connectivity index (χ2n) is 19.1. The fourth-order valence-corrected chi connectivity index (χ4v) is 14.3. The number of nitrogens with one attached hydrogen (secondary N) is 4. The van der Waals surface area contributed by atoms with Gasteiger partial charge in [0.1, 0.15) is 82.0 Å². The van der Waals surface area contributed by atoms with E-state index in [-0.39, 0.29) is 45.9 Å². The lowest BCUT2D eigenvalue weighted by Crippen LogP contribution is -2.43. The SMILES string of the molecule is CC(=O)O[C@H]1CN2C(=O)NC(=O)c3csc(n3)[C@H]([C@H](OC(=O)NCCN(C)C)c3ccccc3)NC(=O)c3nc(sc3C)[C@H](CC(N)=O)NC(=O)c3csc(n3)-c3ccc(-c4nc(C(N)=O)cs4)nc3-c3csc(n3)-c3csc(n3)[C@@H]2[C@H]1C. The largest absolute Gasteiger partial charge is 0.460 e. The topological polar surface area (TPSA) is 352 Å². The zero-order valence-electron chi connectivity index (χ0n) is 44.4. The number of nitrogens with two attached hydrogens (primary N) is 2. The molecular weight excluding hydrogens is 1190 g/mol. The van der Waals surface area contributed by atoms with Crippen LogP contribution in [-0.4, -0.2) is 132 Å². The molecule has 8 aromatic rings. The van der Waals surface area contributed by atoms with Crippen LogP contribution >= 0.6 is 68.0 Å². The number of carbonyl (C=O) groups excluding carboxylic acids is 8. The lowest BCUT2D eigenvalue weighted by atomic mass is 10.0. The van der Waals surface area contributed by atoms with Gasteiger partial charge in [0.05, 0.1) is 30.7 Å². The number of ether oxygens (including phenoxy) is 2. The number of aromatic nitrogens is 7. The molecule has 0 aliphatic carbocycles. The van der Waals surface area contributed by atoms with Crippen molar-refractivity contribution in [2.45, 2.75) is 57.5 Å². The molecule has 428 valence electrons. The van der Waals surface area contributed by atoms with E-state index in [0.29, 0.717) is 65.4 Å². The molecule has 10 rings (SSSR count). The van der Waals surface area contributed by atoms with Crippen LogP contribution in [0.4, 0.5) is 9.59 Å². The van der Waals surface area contributed by atoms with Crippen LogP contribution in [0.5, 0.6) is 0 Å². The molecule has 31 heteroatoms. The average Bonchev–Trinajstić information content (AvgIpc) is 4.38. The normalized spacial score (nSPS) is 18.6. The Morgan fingerprint density at radius 3 is 2.14 bits per heavy atom. The van der Waals surface area contributed by atoms with E-state index in [4.69, 9.17) is 40.9 Å². The van der Waals surface area contributed by atoms with Crippen molar-refractivity contribution in [1.29, 1.82) is 0 Å². The first-order chi connectivity index (χ1) is 39.8. The first-order valence-electron chi connectivity index (χ1n) is 25.2. The number of hydrogen-bond donors (Lipinski definition) is 6. The molecule has 10 bridgehead atoms. The van der Waals surface area contributed by atoms with Crippen molar-refractivity contribution in [3.8, 4) is 43.4 Å². The molecule has 1 saturated heterocycles. The van der Waals surface area contributed by atoms with Crippen LogP contribution in [0, 0.1) is 12.8 Å². The predicted octanol–water partition coefficient (Wildman–Crippen LogP) is 6.53. The van der Waals surface area contributed by atoms with Gasteiger partial charge in [-0.25, -0.2) is 44.5 Å². The van der Waals surface area contributed by atoms with Crippen molar-refractivity contribution in [2.75, 3.05) is 33.7 Å². The standard InChI is InChI=1S/C52H49N15O10S6/c1-22-34(76-24(3)68)16-67-39(22)50-62-33(21-82-50)47-58-29(17-79-47)37-26(11-12-27(56-37)46-59-30(18-80-46)41(54)70)45-60-31(19-78-45)42(71)57-28(15-35(53)69)48-64-36(23(2)83-48)44(73)63-38(49-61-32(20-81-49)43(72)65-51(67)74)40(25-9-7-6-8-10-25)77-52(75)55-13-14-66(4)5/h6-12,17-22,28,34,38-40H,13-16H2,1-5H3,(H2,53,69)(H2,54,70)(H,55,75)(H,57,71)(H,63,73)(H,65,72,74)/t22-,28-,34-,38-,39-,40+/m0/s1. The number of fused-ring (bicyclic) bond motifs is 16. The smallest absolute Gasteiger partial charge is 0.407 e. The first kappa shape index (κ1) is 57.9. The van der Waals surface area contributed by atoms with Gasteiger partial charge < -0.3 is 46.7 Å². The zero-order chi connectivity index (χ0) is 58.8. The summed E-state index contributed by atoms with van der Waals surface area (Å²) in [6.45, 7) is 5.28. The van der Waals surface area contributed by atoms with Crippen LogP contribution in [-0.2, 0) is 19.1 Å². The quantitative estimate of drug-likeness (QED) is 0.0749. The molecule has 0 radical (unpaired) electrons. The molecule has 8 N–H and O–H groups in total. The molecule has 6 atom stereocenters. The lowest BCUT2D eigenvalue weighted by molar-refractivity contribution is -0.147. The number of nitrogens with zero attached hydrogens (tertiary/aromatic N) is 9. The van der Waals surface area contributed by atoms with Crippen LogP contribution in [0.1, 0.15) is 112 Å². The summed E-state index contributed by atoms with van der Waals surface area (Å²) < 4.78 is 11.8. The number of carbonyl (C=O) groups is 8. The summed E-state index contributed by atoms with van der Waals surface area (Å²) in [7, 11) is 3.67. The van der Waals surface area contributed by atoms with E-state index in [1.54, 1.807) is 60.1 Å². The van der Waals surface area contributed by atoms with Crippen molar-refractivity contribution in [2.24, 2.45) is 17.4 Å². The third kappa shape index (κ3) is 12.8. The summed E-state index contributed by atoms with van der Waals surface area (Å²) in [4.78, 5) is 145. The van der Waals surface area contributed by atoms with Gasteiger partial charge in [0.15, 0.2) is 6.10 Å². The lowest BCUT2D eigenvalue weighted by Gasteiger charge is -2.27. The fraction of sp³-hybridized carbons (Fsp3) is 0.288. The van der Waals surface area contributed by atoms with Crippen molar-refractivity contribution >= 4 is 116 Å². The Balaban J connectivity index is 1.08. The monoisotopic (exact) mass is 1240 g/mol. The molecule has 2 aliphatic rings. The molecule has 25 nitrogen and oxygen atoms in total. The van der Waals surface area contributed by atoms with Gasteiger partial charge in [-0.15, -0.1) is 68.0 Å². The van der Waals surface area contributed by atoms with Gasteiger partial charge in [0.2, 0.25) is 5.91 Å². The van der Waals surface area contributed by atoms with Crippen molar-refractivity contribution in [3.05, 3.63) is 118 Å². The van der Waals surface area contributed by atoms with Crippen molar-refractivity contribution in [1.82, 2.24) is 66.0 Å². The summed E-state index contributed by atoms with van der Waals surface area (Å²) in [6.07, 6.45) is -3.31. The summed E-state index contributed by atoms with van der Waals surface area (Å²) in [5, 5.41) is 20.8. The number of esters is 1. The van der Waals surface area contributed by atoms with Crippen LogP contribution in [0.2, 0.25) is 0 Å². The Morgan fingerprint density at radius 1 is 0.735 bits per heavy atom. The number of alkyl carbamates (subject to hydrolysis) is 1. The van der Waals surface area contributed by atoms with E-state index < -0.39 is 90.3 Å². The minimum Gasteiger partial charge on any atom is -0.460 e. The maximum absolute atomic E-state index is 14.7. The Bertz CT molecular complexity index is 3820. The third-order valence-corrected chi connectivity index (χ3v) is 18.5. The highest BCUT2D eigenvalue weighted by Crippen LogP contribution is 2.43. The molecule has 9 heterocycles. The molecule has 8 amide bonds. The van der Waals surface area contributed by atoms with Crippen LogP contribution in [0.15, 0.2) is 69.4 Å². The number of primary amides is 2. The molecule has 2 aliphatic heterocycles. The number of aryl methyl sites for hydroxylation is 1. The number of rotatable bonds is 11. The van der Waals surface area contributed by atoms with E-state index in [9.17, 15) is 38.4 Å². The third-order valence-electron chi connectivity index (χ3n) is 13.0. The van der Waals surface area contributed by atoms with Crippen LogP contribution in [0.25, 0.3) is 43.4 Å². The Hall–Kier alpha value is -8.33. The number of amides is 8. The highest BCUT2D eigenvalue weighted by Gasteiger charge is 2.46. The molecular formula is C52H49N15O10S6. The highest BCUT2D eigenvalue weighted by atomic mass is 32.1. The minimum absolute atomic E-state index is 0.0319. The summed E-state index contributed by atoms with van der Waals surface area (Å²) >= 11 is 6.76. The number of imide groups is 1. The second-order valence-corrected chi connectivity index (χ2v) is 24.7. The number of likely N-dealkylation sites (N-methyl/N-ethyl adjacent to an activating group) is 1. The van der Waals surface area contributed by atoms with Crippen LogP contribution < -0.4 is 32.7 Å². The maximum atomic E-state index is 14.7. The summed E-state index contributed by atoms with van der Waals surface area (Å²) in [6, 6.07) is 7.89. The van der Waals surface area contributed by atoms with E-state index in [1.165, 1.54) is 50.6 Å². The number of hydrogen-bond acceptors (Lipinski definition) is 24. The van der Waals surface area contributed by atoms with E-state index in [1.807, 2.05) is 25.9 Å². The van der Waals surface area contributed by atoms with Gasteiger partial charge in [-0.2, -0.15) is 0 Å². The molecule has 83 heavy (non-hydrogen) atoms. The second kappa shape index (κ2) is 24.6. The molecule has 7 aromatic heterocycles. The Kier molecular flexibility index (Phi) is 17.2. The van der Waals surface area contributed by atoms with Gasteiger partial charge in [-0.3, -0.25) is 34.1 Å². The predicted molar refractivity (Wildman–Crippen MR) is 310 cm³/mol. The molecule has 0 unspecified atom stereocenters. The number of benzene rings is 1. The van der Waals surface area contributed by atoms with Gasteiger partial charge in [-0.1, -0.05) is 37.3 Å². The van der Waals surface area contributed by atoms with Gasteiger partial charge in [-0.05, 0) is 38.7 Å². The van der Waals surface area contributed by atoms with Gasteiger partial charge in [0.25, 0.3) is 23.6 Å². The zero-order valence-corrected chi connectivity index (χ0v) is 49.3. The van der Waals surface area contributed by atoms with E-state index in [2.05, 4.69) is 36.2 Å². The minimum atomic E-state index is -1.31. The first-order valence-corrected chi connectivity index (χ1v) is 30.4. The summed E-state index contributed by atoms with van der Waals surface area (Å²) in [5.41, 5.74) is 13.4. The Labute approximate surface area is 496 Å². The average molecular weight is 1240 g/mol. The molecule has 1 fully saturated rings. The number of urea groups is 1. The van der Waals surface area contributed by atoms with Crippen LogP contribution in [0.3, 0.4) is 0 Å². The molecule has 0 spiro atoms. The highest BCUT2D eigenvalue weighted by molar-refractivity contribution is 7.15.